The Bertz CT molecular complexity index is 389. The van der Waals surface area contributed by atoms with E-state index in [-0.39, 0.29) is 0 Å². The van der Waals surface area contributed by atoms with Crippen LogP contribution in [0.25, 0.3) is 10.9 Å². The molecule has 0 aliphatic rings. The molecule has 0 N–H and O–H groups in total. The second-order valence-electron chi connectivity index (χ2n) is 2.55. The predicted octanol–water partition coefficient (Wildman–Crippen LogP) is 2.63. The summed E-state index contributed by atoms with van der Waals surface area (Å²) < 4.78 is 2.02. The van der Waals surface area contributed by atoms with E-state index in [4.69, 9.17) is 11.6 Å². The molecular weight excluding hydrogens is 158 g/mol. The molecule has 1 aromatic heterocycles. The van der Waals surface area contributed by atoms with Crippen LogP contribution < -0.4 is 0 Å². The van der Waals surface area contributed by atoms with Gasteiger partial charge in [-0.1, -0.05) is 11.6 Å². The number of hydrogen-bond acceptors (Lipinski definition) is 0. The topological polar surface area (TPSA) is 4.93 Å². The molecule has 0 saturated heterocycles. The molecule has 0 unspecified atom stereocenters. The van der Waals surface area contributed by atoms with Gasteiger partial charge >= 0.3 is 0 Å². The zero-order valence-electron chi connectivity index (χ0n) is 6.13. The summed E-state index contributed by atoms with van der Waals surface area (Å²) in [5.41, 5.74) is 1.16. The highest BCUT2D eigenvalue weighted by atomic mass is 35.5. The van der Waals surface area contributed by atoms with Crippen LogP contribution in [0.3, 0.4) is 0 Å². The molecule has 2 aromatic rings. The number of aryl methyl sites for hydroxylation is 1. The van der Waals surface area contributed by atoms with Crippen LogP contribution in [-0.4, -0.2) is 4.57 Å². The third kappa shape index (κ3) is 1.02. The average molecular weight is 165 g/mol. The Labute approximate surface area is 70.2 Å². The first-order valence-corrected chi connectivity index (χ1v) is 3.77. The van der Waals surface area contributed by atoms with E-state index in [0.717, 1.165) is 15.9 Å². The molecule has 0 atom stereocenters. The number of rotatable bonds is 0. The van der Waals surface area contributed by atoms with Crippen molar-refractivity contribution in [2.75, 3.05) is 0 Å². The van der Waals surface area contributed by atoms with Crippen LogP contribution in [0.5, 0.6) is 0 Å². The van der Waals surface area contributed by atoms with Gasteiger partial charge in [0, 0.05) is 35.2 Å². The highest BCUT2D eigenvalue weighted by Gasteiger charge is 1.96. The van der Waals surface area contributed by atoms with Crippen LogP contribution in [0.2, 0.25) is 5.02 Å². The van der Waals surface area contributed by atoms with Crippen LogP contribution >= 0.6 is 11.6 Å². The van der Waals surface area contributed by atoms with Crippen molar-refractivity contribution in [2.24, 2.45) is 7.05 Å². The minimum Gasteiger partial charge on any atom is -0.350 e. The van der Waals surface area contributed by atoms with Crippen molar-refractivity contribution in [3.8, 4) is 0 Å². The average Bonchev–Trinajstić information content (AvgIpc) is 2.32. The summed E-state index contributed by atoms with van der Waals surface area (Å²) in [7, 11) is 1.99. The van der Waals surface area contributed by atoms with Crippen molar-refractivity contribution in [3.05, 3.63) is 35.5 Å². The maximum absolute atomic E-state index is 5.80. The van der Waals surface area contributed by atoms with Gasteiger partial charge in [0.15, 0.2) is 0 Å². The molecule has 0 fully saturated rings. The SMILES string of the molecule is Cn1c[c]c2cc(Cl)ccc21. The van der Waals surface area contributed by atoms with E-state index >= 15 is 0 Å². The molecule has 0 bridgehead atoms. The van der Waals surface area contributed by atoms with Crippen LogP contribution in [-0.2, 0) is 7.05 Å². The van der Waals surface area contributed by atoms with Crippen molar-refractivity contribution >= 4 is 22.5 Å². The molecule has 55 valence electrons. The summed E-state index contributed by atoms with van der Waals surface area (Å²) in [6.45, 7) is 0. The third-order valence-electron chi connectivity index (χ3n) is 1.75. The van der Waals surface area contributed by atoms with Crippen LogP contribution in [0, 0.1) is 6.07 Å². The van der Waals surface area contributed by atoms with Crippen molar-refractivity contribution in [3.63, 3.8) is 0 Å². The molecular formula is C9H7ClN. The molecule has 0 saturated carbocycles. The molecule has 2 rings (SSSR count). The van der Waals surface area contributed by atoms with Gasteiger partial charge in [-0.05, 0) is 18.2 Å². The Morgan fingerprint density at radius 2 is 2.27 bits per heavy atom. The first-order chi connectivity index (χ1) is 5.27. The van der Waals surface area contributed by atoms with Crippen molar-refractivity contribution in [2.45, 2.75) is 0 Å². The largest absolute Gasteiger partial charge is 0.350 e. The van der Waals surface area contributed by atoms with Crippen molar-refractivity contribution in [1.29, 1.82) is 0 Å². The minimum atomic E-state index is 0.764. The number of halogens is 1. The zero-order valence-corrected chi connectivity index (χ0v) is 6.89. The van der Waals surface area contributed by atoms with Gasteiger partial charge in [0.05, 0.1) is 0 Å². The fourth-order valence-corrected chi connectivity index (χ4v) is 1.34. The molecule has 0 aliphatic carbocycles. The van der Waals surface area contributed by atoms with Gasteiger partial charge in [-0.3, -0.25) is 0 Å². The second-order valence-corrected chi connectivity index (χ2v) is 2.98. The quantitative estimate of drug-likeness (QED) is 0.564. The second kappa shape index (κ2) is 2.28. The summed E-state index contributed by atoms with van der Waals surface area (Å²) in [4.78, 5) is 0. The van der Waals surface area contributed by atoms with Gasteiger partial charge in [-0.15, -0.1) is 0 Å². The Morgan fingerprint density at radius 1 is 1.45 bits per heavy atom. The summed E-state index contributed by atoms with van der Waals surface area (Å²) in [6, 6.07) is 8.90. The summed E-state index contributed by atoms with van der Waals surface area (Å²) in [5.74, 6) is 0. The van der Waals surface area contributed by atoms with E-state index in [0.29, 0.717) is 0 Å². The Kier molecular flexibility index (Phi) is 1.40. The maximum atomic E-state index is 5.80. The molecule has 1 nitrogen and oxygen atoms in total. The fraction of sp³-hybridized carbons (Fsp3) is 0.111. The number of nitrogens with zero attached hydrogens (tertiary/aromatic N) is 1. The minimum absolute atomic E-state index is 0.764. The lowest BCUT2D eigenvalue weighted by atomic mass is 10.2. The molecule has 1 heterocycles. The Hall–Kier alpha value is -0.950. The highest BCUT2D eigenvalue weighted by Crippen LogP contribution is 2.18. The van der Waals surface area contributed by atoms with E-state index in [1.165, 1.54) is 0 Å². The van der Waals surface area contributed by atoms with E-state index in [2.05, 4.69) is 6.07 Å². The maximum Gasteiger partial charge on any atom is 0.0485 e. The number of hydrogen-bond donors (Lipinski definition) is 0. The molecule has 0 amide bonds. The lowest BCUT2D eigenvalue weighted by Gasteiger charge is -1.94. The van der Waals surface area contributed by atoms with Gasteiger partial charge in [0.25, 0.3) is 0 Å². The fourth-order valence-electron chi connectivity index (χ4n) is 1.17. The normalized spacial score (nSPS) is 10.7. The molecule has 11 heavy (non-hydrogen) atoms. The highest BCUT2D eigenvalue weighted by molar-refractivity contribution is 6.31. The summed E-state index contributed by atoms with van der Waals surface area (Å²) in [5, 5.41) is 1.83. The van der Waals surface area contributed by atoms with Gasteiger partial charge in [0.1, 0.15) is 0 Å². The standard InChI is InChI=1S/C9H7ClN/c1-11-5-4-7-6-8(10)2-3-9(7)11/h2-3,5-6H,1H3. The van der Waals surface area contributed by atoms with Gasteiger partial charge in [0.2, 0.25) is 0 Å². The Balaban J connectivity index is 2.86. The smallest absolute Gasteiger partial charge is 0.0485 e. The molecule has 0 aliphatic heterocycles. The van der Waals surface area contributed by atoms with E-state index in [9.17, 15) is 0 Å². The Morgan fingerprint density at radius 3 is 3.09 bits per heavy atom. The van der Waals surface area contributed by atoms with Crippen LogP contribution in [0.1, 0.15) is 0 Å². The predicted molar refractivity (Wildman–Crippen MR) is 46.8 cm³/mol. The molecule has 1 aromatic carbocycles. The van der Waals surface area contributed by atoms with Crippen molar-refractivity contribution < 1.29 is 0 Å². The van der Waals surface area contributed by atoms with Gasteiger partial charge in [-0.25, -0.2) is 0 Å². The molecule has 1 radical (unpaired) electrons. The molecule has 0 spiro atoms. The number of fused-ring (bicyclic) bond motifs is 1. The van der Waals surface area contributed by atoms with E-state index in [1.54, 1.807) is 0 Å². The van der Waals surface area contributed by atoms with Gasteiger partial charge in [-0.2, -0.15) is 0 Å². The first-order valence-electron chi connectivity index (χ1n) is 3.39. The van der Waals surface area contributed by atoms with E-state index < -0.39 is 0 Å². The molecule has 2 heteroatoms. The summed E-state index contributed by atoms with van der Waals surface area (Å²) in [6.07, 6.45) is 1.90. The number of benzene rings is 1. The third-order valence-corrected chi connectivity index (χ3v) is 1.99. The number of aromatic nitrogens is 1. The van der Waals surface area contributed by atoms with Gasteiger partial charge < -0.3 is 4.57 Å². The zero-order chi connectivity index (χ0) is 7.84. The van der Waals surface area contributed by atoms with Crippen LogP contribution in [0.4, 0.5) is 0 Å². The summed E-state index contributed by atoms with van der Waals surface area (Å²) >= 11 is 5.80. The first kappa shape index (κ1) is 6.74. The lowest BCUT2D eigenvalue weighted by Crippen LogP contribution is -1.81. The van der Waals surface area contributed by atoms with E-state index in [1.807, 2.05) is 36.0 Å². The lowest BCUT2D eigenvalue weighted by molar-refractivity contribution is 0.968. The van der Waals surface area contributed by atoms with Crippen molar-refractivity contribution in [1.82, 2.24) is 4.57 Å². The van der Waals surface area contributed by atoms with Crippen LogP contribution in [0.15, 0.2) is 24.4 Å². The monoisotopic (exact) mass is 164 g/mol.